The van der Waals surface area contributed by atoms with Gasteiger partial charge >= 0.3 is 0 Å². The van der Waals surface area contributed by atoms with E-state index < -0.39 is 5.54 Å². The highest BCUT2D eigenvalue weighted by Gasteiger charge is 2.35. The second-order valence-corrected chi connectivity index (χ2v) is 6.25. The van der Waals surface area contributed by atoms with Gasteiger partial charge in [-0.1, -0.05) is 24.4 Å². The van der Waals surface area contributed by atoms with Crippen molar-refractivity contribution in [3.63, 3.8) is 0 Å². The first-order chi connectivity index (χ1) is 9.71. The van der Waals surface area contributed by atoms with Gasteiger partial charge in [0, 0.05) is 10.5 Å². The molecule has 0 amide bonds. The number of aromatic nitrogens is 2. The number of nitrogens with zero attached hydrogens (tertiary/aromatic N) is 2. The van der Waals surface area contributed by atoms with Crippen LogP contribution in [-0.4, -0.2) is 16.4 Å². The summed E-state index contributed by atoms with van der Waals surface area (Å²) in [4.78, 5) is 5.74. The van der Waals surface area contributed by atoms with Crippen LogP contribution in [0.2, 0.25) is 0 Å². The topological polar surface area (TPSA) is 64.9 Å². The van der Waals surface area contributed by atoms with Crippen LogP contribution in [0.4, 0.5) is 0 Å². The van der Waals surface area contributed by atoms with Crippen molar-refractivity contribution in [1.29, 1.82) is 0 Å². The molecule has 0 bridgehead atoms. The summed E-state index contributed by atoms with van der Waals surface area (Å²) >= 11 is 1.72. The van der Waals surface area contributed by atoms with Crippen molar-refractivity contribution in [2.45, 2.75) is 42.5 Å². The van der Waals surface area contributed by atoms with E-state index in [9.17, 15) is 0 Å². The molecular formula is C15H19N3OS. The molecule has 2 aromatic rings. The summed E-state index contributed by atoms with van der Waals surface area (Å²) in [5.74, 6) is 1.21. The highest BCUT2D eigenvalue weighted by Crippen LogP contribution is 2.34. The van der Waals surface area contributed by atoms with E-state index in [-0.39, 0.29) is 0 Å². The van der Waals surface area contributed by atoms with Crippen LogP contribution in [0.15, 0.2) is 33.7 Å². The Morgan fingerprint density at radius 3 is 2.50 bits per heavy atom. The molecule has 0 unspecified atom stereocenters. The number of thioether (sulfide) groups is 1. The van der Waals surface area contributed by atoms with Gasteiger partial charge in [-0.2, -0.15) is 4.98 Å². The van der Waals surface area contributed by atoms with E-state index in [0.29, 0.717) is 11.7 Å². The average molecular weight is 289 g/mol. The lowest BCUT2D eigenvalue weighted by molar-refractivity contribution is 0.220. The lowest BCUT2D eigenvalue weighted by Gasteiger charge is -2.29. The van der Waals surface area contributed by atoms with Gasteiger partial charge in [0.15, 0.2) is 0 Å². The zero-order valence-corrected chi connectivity index (χ0v) is 12.4. The molecule has 20 heavy (non-hydrogen) atoms. The molecule has 106 valence electrons. The molecule has 1 heterocycles. The number of hydrogen-bond acceptors (Lipinski definition) is 5. The summed E-state index contributed by atoms with van der Waals surface area (Å²) in [6.07, 6.45) is 7.44. The van der Waals surface area contributed by atoms with Crippen LogP contribution in [0.25, 0.3) is 11.4 Å². The van der Waals surface area contributed by atoms with Crippen LogP contribution < -0.4 is 5.73 Å². The van der Waals surface area contributed by atoms with Crippen molar-refractivity contribution in [3.8, 4) is 11.4 Å². The fourth-order valence-electron chi connectivity index (χ4n) is 2.68. The van der Waals surface area contributed by atoms with E-state index in [1.54, 1.807) is 11.8 Å². The minimum atomic E-state index is -0.428. The maximum Gasteiger partial charge on any atom is 0.247 e. The number of rotatable bonds is 3. The average Bonchev–Trinajstić information content (AvgIpc) is 2.99. The van der Waals surface area contributed by atoms with Gasteiger partial charge in [0.1, 0.15) is 0 Å². The zero-order valence-electron chi connectivity index (χ0n) is 11.6. The van der Waals surface area contributed by atoms with Gasteiger partial charge in [0.05, 0.1) is 5.54 Å². The number of nitrogens with two attached hydrogens (primary N) is 1. The van der Waals surface area contributed by atoms with E-state index in [1.807, 2.05) is 12.1 Å². The zero-order chi connectivity index (χ0) is 14.0. The van der Waals surface area contributed by atoms with E-state index in [4.69, 9.17) is 10.3 Å². The first kappa shape index (κ1) is 13.6. The van der Waals surface area contributed by atoms with Crippen molar-refractivity contribution < 1.29 is 4.52 Å². The molecule has 1 fully saturated rings. The summed E-state index contributed by atoms with van der Waals surface area (Å²) in [5, 5.41) is 4.09. The maximum atomic E-state index is 6.42. The molecule has 1 aromatic carbocycles. The molecule has 1 aromatic heterocycles. The van der Waals surface area contributed by atoms with Crippen molar-refractivity contribution >= 4 is 11.8 Å². The minimum Gasteiger partial charge on any atom is -0.337 e. The normalized spacial score (nSPS) is 18.1. The van der Waals surface area contributed by atoms with Crippen molar-refractivity contribution in [3.05, 3.63) is 30.2 Å². The lowest BCUT2D eigenvalue weighted by Crippen LogP contribution is -2.38. The van der Waals surface area contributed by atoms with Crippen LogP contribution in [0, 0.1) is 0 Å². The Kier molecular flexibility index (Phi) is 3.81. The fourth-order valence-corrected chi connectivity index (χ4v) is 3.09. The van der Waals surface area contributed by atoms with Crippen LogP contribution in [-0.2, 0) is 5.54 Å². The molecule has 1 saturated carbocycles. The smallest absolute Gasteiger partial charge is 0.247 e. The van der Waals surface area contributed by atoms with Gasteiger partial charge in [-0.05, 0) is 43.4 Å². The monoisotopic (exact) mass is 289 g/mol. The summed E-state index contributed by atoms with van der Waals surface area (Å²) < 4.78 is 5.43. The third kappa shape index (κ3) is 2.60. The molecule has 0 aliphatic heterocycles. The van der Waals surface area contributed by atoms with Crippen LogP contribution >= 0.6 is 11.8 Å². The molecule has 1 aliphatic rings. The third-order valence-corrected chi connectivity index (χ3v) is 4.69. The molecule has 2 N–H and O–H groups in total. The Labute approximate surface area is 123 Å². The molecule has 3 rings (SSSR count). The standard InChI is InChI=1S/C15H19N3OS/c1-20-12-7-5-11(6-8-12)13-17-14(19-18-13)15(16)9-3-2-4-10-15/h5-8H,2-4,9-10,16H2,1H3. The van der Waals surface area contributed by atoms with Gasteiger partial charge in [-0.15, -0.1) is 11.8 Å². The van der Waals surface area contributed by atoms with Gasteiger partial charge in [0.25, 0.3) is 0 Å². The van der Waals surface area contributed by atoms with Crippen LogP contribution in [0.1, 0.15) is 38.0 Å². The SMILES string of the molecule is CSc1ccc(-c2noc(C3(N)CCCCC3)n2)cc1. The number of benzene rings is 1. The lowest BCUT2D eigenvalue weighted by atomic mass is 9.82. The minimum absolute atomic E-state index is 0.428. The highest BCUT2D eigenvalue weighted by atomic mass is 32.2. The highest BCUT2D eigenvalue weighted by molar-refractivity contribution is 7.98. The predicted octanol–water partition coefficient (Wildman–Crippen LogP) is 3.58. The van der Waals surface area contributed by atoms with Crippen LogP contribution in [0.3, 0.4) is 0 Å². The molecule has 5 heteroatoms. The quantitative estimate of drug-likeness (QED) is 0.875. The van der Waals surface area contributed by atoms with Crippen molar-refractivity contribution in [2.24, 2.45) is 5.73 Å². The van der Waals surface area contributed by atoms with Crippen molar-refractivity contribution in [1.82, 2.24) is 10.1 Å². The summed E-state index contributed by atoms with van der Waals surface area (Å²) in [6.45, 7) is 0. The van der Waals surface area contributed by atoms with Gasteiger partial charge in [0.2, 0.25) is 11.7 Å². The molecular weight excluding hydrogens is 270 g/mol. The maximum absolute atomic E-state index is 6.42. The Morgan fingerprint density at radius 1 is 1.15 bits per heavy atom. The first-order valence-corrected chi connectivity index (χ1v) is 8.21. The van der Waals surface area contributed by atoms with E-state index in [0.717, 1.165) is 31.2 Å². The van der Waals surface area contributed by atoms with Gasteiger partial charge in [-0.3, -0.25) is 0 Å². The second-order valence-electron chi connectivity index (χ2n) is 5.37. The van der Waals surface area contributed by atoms with Crippen LogP contribution in [0.5, 0.6) is 0 Å². The summed E-state index contributed by atoms with van der Waals surface area (Å²) in [5.41, 5.74) is 6.96. The summed E-state index contributed by atoms with van der Waals surface area (Å²) in [7, 11) is 0. The van der Waals surface area contributed by atoms with Gasteiger partial charge in [-0.25, -0.2) is 0 Å². The molecule has 0 saturated heterocycles. The Hall–Kier alpha value is -1.33. The van der Waals surface area contributed by atoms with E-state index in [2.05, 4.69) is 28.5 Å². The molecule has 0 atom stereocenters. The number of hydrogen-bond donors (Lipinski definition) is 1. The molecule has 1 aliphatic carbocycles. The van der Waals surface area contributed by atoms with Crippen molar-refractivity contribution in [2.75, 3.05) is 6.26 Å². The summed E-state index contributed by atoms with van der Waals surface area (Å²) in [6, 6.07) is 8.17. The van der Waals surface area contributed by atoms with E-state index >= 15 is 0 Å². The van der Waals surface area contributed by atoms with E-state index in [1.165, 1.54) is 11.3 Å². The molecule has 0 radical (unpaired) electrons. The second kappa shape index (κ2) is 5.58. The largest absolute Gasteiger partial charge is 0.337 e. The predicted molar refractivity (Wildman–Crippen MR) is 80.5 cm³/mol. The Balaban J connectivity index is 1.85. The molecule has 4 nitrogen and oxygen atoms in total. The first-order valence-electron chi connectivity index (χ1n) is 6.99. The fraction of sp³-hybridized carbons (Fsp3) is 0.467. The molecule has 0 spiro atoms. The van der Waals surface area contributed by atoms with Gasteiger partial charge < -0.3 is 10.3 Å². The third-order valence-electron chi connectivity index (χ3n) is 3.95. The Bertz CT molecular complexity index is 573. The Morgan fingerprint density at radius 2 is 1.85 bits per heavy atom.